The highest BCUT2D eigenvalue weighted by Gasteiger charge is 2.55. The van der Waals surface area contributed by atoms with Crippen LogP contribution >= 0.6 is 0 Å². The molecular weight excluding hydrogens is 422 g/mol. The number of amides is 1. The van der Waals surface area contributed by atoms with Gasteiger partial charge in [0.2, 0.25) is 5.91 Å². The molecule has 0 radical (unpaired) electrons. The van der Waals surface area contributed by atoms with E-state index < -0.39 is 0 Å². The molecule has 0 bridgehead atoms. The molecule has 1 aromatic rings. The summed E-state index contributed by atoms with van der Waals surface area (Å²) in [6.07, 6.45) is 13.5. The van der Waals surface area contributed by atoms with Crippen LogP contribution in [0.1, 0.15) is 120 Å². The first-order chi connectivity index (χ1) is 16.3. The molecule has 4 rings (SSSR count). The first-order valence-electron chi connectivity index (χ1n) is 13.9. The third kappa shape index (κ3) is 5.06. The fourth-order valence-electron chi connectivity index (χ4n) is 7.49. The number of benzene rings is 1. The summed E-state index contributed by atoms with van der Waals surface area (Å²) in [5, 5.41) is 10.2. The van der Waals surface area contributed by atoms with Crippen molar-refractivity contribution in [3.05, 3.63) is 29.3 Å². The smallest absolute Gasteiger partial charge is 0.222 e. The predicted molar refractivity (Wildman–Crippen MR) is 137 cm³/mol. The van der Waals surface area contributed by atoms with E-state index in [1.807, 2.05) is 24.1 Å². The summed E-state index contributed by atoms with van der Waals surface area (Å²) >= 11 is 0. The zero-order valence-electron chi connectivity index (χ0n) is 21.7. The molecule has 2 saturated carbocycles. The molecule has 0 heterocycles. The highest BCUT2D eigenvalue weighted by atomic mass is 16.3. The van der Waals surface area contributed by atoms with Gasteiger partial charge >= 0.3 is 0 Å². The van der Waals surface area contributed by atoms with Crippen LogP contribution in [0.4, 0.5) is 0 Å². The van der Waals surface area contributed by atoms with Gasteiger partial charge in [0.25, 0.3) is 0 Å². The maximum absolute atomic E-state index is 12.7. The Hall–Kier alpha value is -1.84. The van der Waals surface area contributed by atoms with Gasteiger partial charge in [-0.3, -0.25) is 9.59 Å². The number of nitrogens with zero attached hydrogens (tertiary/aromatic N) is 1. The number of aromatic hydroxyl groups is 1. The fourth-order valence-corrected chi connectivity index (χ4v) is 7.49. The van der Waals surface area contributed by atoms with Gasteiger partial charge in [-0.25, -0.2) is 0 Å². The lowest BCUT2D eigenvalue weighted by atomic mass is 9.54. The average molecular weight is 468 g/mol. The molecular formula is C30H45NO3. The minimum absolute atomic E-state index is 0.100. The number of unbranched alkanes of at least 4 members (excludes halogenated alkanes) is 4. The molecule has 3 aliphatic rings. The van der Waals surface area contributed by atoms with Gasteiger partial charge in [-0.15, -0.1) is 0 Å². The van der Waals surface area contributed by atoms with Gasteiger partial charge in [-0.2, -0.15) is 0 Å². The summed E-state index contributed by atoms with van der Waals surface area (Å²) in [7, 11) is 1.93. The Bertz CT molecular complexity index is 880. The number of phenols is 1. The molecule has 34 heavy (non-hydrogen) atoms. The van der Waals surface area contributed by atoms with Crippen LogP contribution in [0.2, 0.25) is 0 Å². The number of ketones is 1. The molecule has 0 aliphatic heterocycles. The van der Waals surface area contributed by atoms with E-state index in [1.54, 1.807) is 0 Å². The molecule has 0 saturated heterocycles. The Morgan fingerprint density at radius 2 is 1.91 bits per heavy atom. The highest BCUT2D eigenvalue weighted by Crippen LogP contribution is 2.61. The average Bonchev–Trinajstić information content (AvgIpc) is 3.13. The third-order valence-electron chi connectivity index (χ3n) is 9.58. The SMILES string of the molecule is CCCCN(C)C(=O)CCCCCC[C@@H]1C[C@@H]2[C@H](CC[C@]3(C)C(=O)CC[C@@H]23)c2ccc(O)cc21. The number of Topliss-reactive ketones (excluding diaryl/α,β-unsaturated/α-hetero) is 1. The Balaban J connectivity index is 1.33. The van der Waals surface area contributed by atoms with Gasteiger partial charge in [-0.05, 0) is 91.9 Å². The van der Waals surface area contributed by atoms with E-state index in [0.29, 0.717) is 41.6 Å². The summed E-state index contributed by atoms with van der Waals surface area (Å²) in [6, 6.07) is 6.06. The summed E-state index contributed by atoms with van der Waals surface area (Å²) in [6.45, 7) is 5.27. The summed E-state index contributed by atoms with van der Waals surface area (Å²) < 4.78 is 0. The standard InChI is InChI=1S/C30H45NO3/c1-4-5-18-31(3)29(34)11-9-7-6-8-10-21-19-26-24(23-13-12-22(32)20-25(21)23)16-17-30(2)27(26)14-15-28(30)33/h12-13,20-21,24,26-27,32H,4-11,14-19H2,1-3H3/t21-,24-,26-,27+,30+/m1/s1. The molecule has 0 aromatic heterocycles. The number of phenolic OH excluding ortho intramolecular Hbond substituents is 1. The van der Waals surface area contributed by atoms with Crippen molar-refractivity contribution < 1.29 is 14.7 Å². The van der Waals surface area contributed by atoms with Crippen molar-refractivity contribution >= 4 is 11.7 Å². The Morgan fingerprint density at radius 3 is 2.71 bits per heavy atom. The fraction of sp³-hybridized carbons (Fsp3) is 0.733. The first kappa shape index (κ1) is 25.3. The summed E-state index contributed by atoms with van der Waals surface area (Å²) in [5.74, 6) is 3.31. The van der Waals surface area contributed by atoms with E-state index in [4.69, 9.17) is 0 Å². The maximum atomic E-state index is 12.7. The molecule has 1 aromatic carbocycles. The van der Waals surface area contributed by atoms with E-state index in [2.05, 4.69) is 19.9 Å². The molecule has 3 aliphatic carbocycles. The quantitative estimate of drug-likeness (QED) is 0.379. The summed E-state index contributed by atoms with van der Waals surface area (Å²) in [4.78, 5) is 26.9. The highest BCUT2D eigenvalue weighted by molar-refractivity contribution is 5.87. The van der Waals surface area contributed by atoms with Crippen molar-refractivity contribution in [2.45, 2.75) is 109 Å². The molecule has 0 unspecified atom stereocenters. The zero-order chi connectivity index (χ0) is 24.3. The van der Waals surface area contributed by atoms with E-state index in [9.17, 15) is 14.7 Å². The van der Waals surface area contributed by atoms with Crippen LogP contribution in [0.25, 0.3) is 0 Å². The van der Waals surface area contributed by atoms with E-state index >= 15 is 0 Å². The molecule has 4 nitrogen and oxygen atoms in total. The predicted octanol–water partition coefficient (Wildman–Crippen LogP) is 6.96. The molecule has 5 atom stereocenters. The van der Waals surface area contributed by atoms with Crippen LogP contribution in [-0.4, -0.2) is 35.3 Å². The minimum atomic E-state index is -0.100. The van der Waals surface area contributed by atoms with Crippen LogP contribution in [0.15, 0.2) is 18.2 Å². The lowest BCUT2D eigenvalue weighted by molar-refractivity contribution is -0.130. The van der Waals surface area contributed by atoms with Gasteiger partial charge in [-0.1, -0.05) is 45.6 Å². The second-order valence-corrected chi connectivity index (χ2v) is 11.7. The molecule has 1 amide bonds. The normalized spacial score (nSPS) is 29.9. The Labute approximate surface area is 206 Å². The molecule has 1 N–H and O–H groups in total. The Morgan fingerprint density at radius 1 is 1.12 bits per heavy atom. The summed E-state index contributed by atoms with van der Waals surface area (Å²) in [5.41, 5.74) is 2.71. The van der Waals surface area contributed by atoms with Gasteiger partial charge < -0.3 is 10.0 Å². The second kappa shape index (κ2) is 10.8. The first-order valence-corrected chi connectivity index (χ1v) is 13.9. The minimum Gasteiger partial charge on any atom is -0.508 e. The van der Waals surface area contributed by atoms with E-state index in [0.717, 1.165) is 83.6 Å². The van der Waals surface area contributed by atoms with Gasteiger partial charge in [0.1, 0.15) is 11.5 Å². The van der Waals surface area contributed by atoms with Crippen LogP contribution in [0.3, 0.4) is 0 Å². The van der Waals surface area contributed by atoms with E-state index in [-0.39, 0.29) is 11.3 Å². The third-order valence-corrected chi connectivity index (χ3v) is 9.58. The van der Waals surface area contributed by atoms with Gasteiger partial charge in [0.15, 0.2) is 0 Å². The van der Waals surface area contributed by atoms with Crippen molar-refractivity contribution in [1.82, 2.24) is 4.90 Å². The molecule has 188 valence electrons. The second-order valence-electron chi connectivity index (χ2n) is 11.7. The monoisotopic (exact) mass is 467 g/mol. The largest absolute Gasteiger partial charge is 0.508 e. The molecule has 0 spiro atoms. The number of hydrogen-bond donors (Lipinski definition) is 1. The zero-order valence-corrected chi connectivity index (χ0v) is 21.7. The number of rotatable bonds is 10. The van der Waals surface area contributed by atoms with Crippen molar-refractivity contribution in [2.75, 3.05) is 13.6 Å². The molecule has 4 heteroatoms. The van der Waals surface area contributed by atoms with Gasteiger partial charge in [0, 0.05) is 31.8 Å². The van der Waals surface area contributed by atoms with Crippen molar-refractivity contribution in [1.29, 1.82) is 0 Å². The maximum Gasteiger partial charge on any atom is 0.222 e. The number of fused-ring (bicyclic) bond motifs is 5. The van der Waals surface area contributed by atoms with Crippen molar-refractivity contribution in [2.24, 2.45) is 17.3 Å². The lowest BCUT2D eigenvalue weighted by Gasteiger charge is -2.50. The lowest BCUT2D eigenvalue weighted by Crippen LogP contribution is -2.43. The van der Waals surface area contributed by atoms with Crippen molar-refractivity contribution in [3.63, 3.8) is 0 Å². The van der Waals surface area contributed by atoms with E-state index in [1.165, 1.54) is 11.1 Å². The Kier molecular flexibility index (Phi) is 8.05. The number of carbonyl (C=O) groups excluding carboxylic acids is 2. The van der Waals surface area contributed by atoms with Crippen LogP contribution < -0.4 is 0 Å². The van der Waals surface area contributed by atoms with Gasteiger partial charge in [0.05, 0.1) is 0 Å². The topological polar surface area (TPSA) is 57.6 Å². The molecule has 2 fully saturated rings. The number of hydrogen-bond acceptors (Lipinski definition) is 3. The van der Waals surface area contributed by atoms with Crippen LogP contribution in [-0.2, 0) is 9.59 Å². The van der Waals surface area contributed by atoms with Crippen LogP contribution in [0.5, 0.6) is 5.75 Å². The van der Waals surface area contributed by atoms with Crippen LogP contribution in [0, 0.1) is 17.3 Å². The van der Waals surface area contributed by atoms with Crippen molar-refractivity contribution in [3.8, 4) is 5.75 Å². The number of carbonyl (C=O) groups is 2.